The van der Waals surface area contributed by atoms with Gasteiger partial charge in [-0.2, -0.15) is 11.8 Å². The third-order valence-electron chi connectivity index (χ3n) is 3.21. The molecule has 90 valence electrons. The van der Waals surface area contributed by atoms with Crippen LogP contribution in [-0.2, 0) is 0 Å². The average molecular weight is 231 g/mol. The van der Waals surface area contributed by atoms with Crippen LogP contribution in [0.5, 0.6) is 0 Å². The summed E-state index contributed by atoms with van der Waals surface area (Å²) in [5.41, 5.74) is 0. The van der Waals surface area contributed by atoms with Crippen LogP contribution in [0.3, 0.4) is 0 Å². The summed E-state index contributed by atoms with van der Waals surface area (Å²) >= 11 is 2.05. The van der Waals surface area contributed by atoms with Crippen LogP contribution in [0.1, 0.15) is 44.9 Å². The summed E-state index contributed by atoms with van der Waals surface area (Å²) in [6.45, 7) is 0.337. The Morgan fingerprint density at radius 2 is 1.93 bits per heavy atom. The Morgan fingerprint density at radius 1 is 1.20 bits per heavy atom. The van der Waals surface area contributed by atoms with E-state index in [1.807, 2.05) is 0 Å². The van der Waals surface area contributed by atoms with Gasteiger partial charge in [0.2, 0.25) is 0 Å². The summed E-state index contributed by atoms with van der Waals surface area (Å²) in [5.74, 6) is 1.11. The summed E-state index contributed by atoms with van der Waals surface area (Å²) in [6.07, 6.45) is 9.20. The Bertz CT molecular complexity index is 155. The van der Waals surface area contributed by atoms with Gasteiger partial charge in [0.15, 0.2) is 0 Å². The average Bonchev–Trinajstić information content (AvgIpc) is 2.22. The summed E-state index contributed by atoms with van der Waals surface area (Å²) in [6, 6.07) is 0.689. The van der Waals surface area contributed by atoms with Crippen LogP contribution in [-0.4, -0.2) is 35.8 Å². The van der Waals surface area contributed by atoms with Crippen molar-refractivity contribution >= 4 is 11.8 Å². The Labute approximate surface area is 98.2 Å². The van der Waals surface area contributed by atoms with Crippen LogP contribution < -0.4 is 5.32 Å². The van der Waals surface area contributed by atoms with E-state index in [4.69, 9.17) is 5.11 Å². The maximum absolute atomic E-state index is 8.79. The van der Waals surface area contributed by atoms with Gasteiger partial charge in [0.25, 0.3) is 0 Å². The van der Waals surface area contributed by atoms with Crippen LogP contribution in [0.15, 0.2) is 0 Å². The van der Waals surface area contributed by atoms with Crippen LogP contribution in [0.4, 0.5) is 0 Å². The lowest BCUT2D eigenvalue weighted by atomic mass is 9.96. The van der Waals surface area contributed by atoms with E-state index in [0.29, 0.717) is 12.6 Å². The van der Waals surface area contributed by atoms with Crippen molar-refractivity contribution in [3.63, 3.8) is 0 Å². The molecular weight excluding hydrogens is 206 g/mol. The number of hydrogen-bond acceptors (Lipinski definition) is 3. The number of hydrogen-bond donors (Lipinski definition) is 2. The van der Waals surface area contributed by atoms with Crippen molar-refractivity contribution in [3.05, 3.63) is 0 Å². The van der Waals surface area contributed by atoms with Gasteiger partial charge in [-0.3, -0.25) is 0 Å². The highest BCUT2D eigenvalue weighted by molar-refractivity contribution is 7.99. The fraction of sp³-hybridized carbons (Fsp3) is 1.00. The highest BCUT2D eigenvalue weighted by Crippen LogP contribution is 2.27. The second-order valence-electron chi connectivity index (χ2n) is 4.37. The molecule has 0 aliphatic heterocycles. The van der Waals surface area contributed by atoms with E-state index in [0.717, 1.165) is 17.4 Å². The molecule has 1 aliphatic rings. The first-order valence-electron chi connectivity index (χ1n) is 6.28. The molecule has 0 aromatic carbocycles. The van der Waals surface area contributed by atoms with Gasteiger partial charge in [0.05, 0.1) is 0 Å². The topological polar surface area (TPSA) is 32.3 Å². The number of thioether (sulfide) groups is 1. The Kier molecular flexibility index (Phi) is 7.49. The van der Waals surface area contributed by atoms with Crippen LogP contribution >= 0.6 is 11.8 Å². The SMILES string of the molecule is CNC1CCCCCCC1SCCCO. The number of nitrogens with one attached hydrogen (secondary N) is 1. The standard InChI is InChI=1S/C12H25NOS/c1-13-11-7-4-2-3-5-8-12(11)15-10-6-9-14/h11-14H,2-10H2,1H3. The third kappa shape index (κ3) is 5.23. The van der Waals surface area contributed by atoms with Crippen molar-refractivity contribution in [1.82, 2.24) is 5.32 Å². The zero-order valence-corrected chi connectivity index (χ0v) is 10.7. The third-order valence-corrected chi connectivity index (χ3v) is 4.72. The zero-order chi connectivity index (χ0) is 10.9. The Morgan fingerprint density at radius 3 is 2.60 bits per heavy atom. The van der Waals surface area contributed by atoms with Gasteiger partial charge >= 0.3 is 0 Å². The first-order valence-corrected chi connectivity index (χ1v) is 7.33. The normalized spacial score (nSPS) is 28.4. The molecule has 2 nitrogen and oxygen atoms in total. The second kappa shape index (κ2) is 8.43. The molecule has 0 heterocycles. The van der Waals surface area contributed by atoms with Crippen LogP contribution in [0.25, 0.3) is 0 Å². The second-order valence-corrected chi connectivity index (χ2v) is 5.72. The molecule has 2 N–H and O–H groups in total. The monoisotopic (exact) mass is 231 g/mol. The largest absolute Gasteiger partial charge is 0.396 e. The van der Waals surface area contributed by atoms with Gasteiger partial charge in [-0.05, 0) is 32.1 Å². The molecule has 0 bridgehead atoms. The lowest BCUT2D eigenvalue weighted by Gasteiger charge is -2.28. The maximum atomic E-state index is 8.79. The van der Waals surface area contributed by atoms with Crippen LogP contribution in [0.2, 0.25) is 0 Å². The van der Waals surface area contributed by atoms with Gasteiger partial charge in [0, 0.05) is 17.9 Å². The molecule has 2 atom stereocenters. The van der Waals surface area contributed by atoms with E-state index in [2.05, 4.69) is 24.1 Å². The molecule has 0 saturated heterocycles. The molecule has 1 aliphatic carbocycles. The fourth-order valence-electron chi connectivity index (χ4n) is 2.28. The highest BCUT2D eigenvalue weighted by atomic mass is 32.2. The van der Waals surface area contributed by atoms with Gasteiger partial charge in [-0.15, -0.1) is 0 Å². The molecular formula is C12H25NOS. The number of aliphatic hydroxyl groups is 1. The predicted octanol–water partition coefficient (Wildman–Crippen LogP) is 2.41. The molecule has 1 rings (SSSR count). The van der Waals surface area contributed by atoms with E-state index >= 15 is 0 Å². The molecule has 0 aromatic heterocycles. The summed E-state index contributed by atoms with van der Waals surface area (Å²) in [4.78, 5) is 0. The quantitative estimate of drug-likeness (QED) is 0.713. The molecule has 1 fully saturated rings. The van der Waals surface area contributed by atoms with Gasteiger partial charge in [-0.25, -0.2) is 0 Å². The molecule has 15 heavy (non-hydrogen) atoms. The lowest BCUT2D eigenvalue weighted by Crippen LogP contribution is -2.36. The number of rotatable bonds is 5. The van der Waals surface area contributed by atoms with Crippen molar-refractivity contribution in [3.8, 4) is 0 Å². The molecule has 0 amide bonds. The van der Waals surface area contributed by atoms with Gasteiger partial charge in [0.1, 0.15) is 0 Å². The fourth-order valence-corrected chi connectivity index (χ4v) is 3.72. The summed E-state index contributed by atoms with van der Waals surface area (Å²) < 4.78 is 0. The zero-order valence-electron chi connectivity index (χ0n) is 9.87. The van der Waals surface area contributed by atoms with E-state index in [1.165, 1.54) is 38.5 Å². The molecule has 0 radical (unpaired) electrons. The number of aliphatic hydroxyl groups excluding tert-OH is 1. The van der Waals surface area contributed by atoms with Crippen molar-refractivity contribution in [2.24, 2.45) is 0 Å². The lowest BCUT2D eigenvalue weighted by molar-refractivity contribution is 0.296. The molecule has 2 unspecified atom stereocenters. The van der Waals surface area contributed by atoms with Crippen molar-refractivity contribution in [2.45, 2.75) is 56.2 Å². The molecule has 1 saturated carbocycles. The van der Waals surface area contributed by atoms with Gasteiger partial charge in [-0.1, -0.05) is 25.7 Å². The molecule has 3 heteroatoms. The van der Waals surface area contributed by atoms with Crippen LogP contribution in [0, 0.1) is 0 Å². The van der Waals surface area contributed by atoms with E-state index in [-0.39, 0.29) is 0 Å². The van der Waals surface area contributed by atoms with Crippen molar-refractivity contribution in [2.75, 3.05) is 19.4 Å². The highest BCUT2D eigenvalue weighted by Gasteiger charge is 2.21. The van der Waals surface area contributed by atoms with E-state index in [9.17, 15) is 0 Å². The smallest absolute Gasteiger partial charge is 0.0438 e. The minimum absolute atomic E-state index is 0.337. The summed E-state index contributed by atoms with van der Waals surface area (Å²) in [5, 5.41) is 13.0. The minimum Gasteiger partial charge on any atom is -0.396 e. The summed E-state index contributed by atoms with van der Waals surface area (Å²) in [7, 11) is 2.09. The predicted molar refractivity (Wildman–Crippen MR) is 68.5 cm³/mol. The molecule has 0 spiro atoms. The molecule has 0 aromatic rings. The van der Waals surface area contributed by atoms with E-state index < -0.39 is 0 Å². The van der Waals surface area contributed by atoms with Crippen molar-refractivity contribution in [1.29, 1.82) is 0 Å². The maximum Gasteiger partial charge on any atom is 0.0438 e. The minimum atomic E-state index is 0.337. The first-order chi connectivity index (χ1) is 7.38. The van der Waals surface area contributed by atoms with Gasteiger partial charge < -0.3 is 10.4 Å². The Hall–Kier alpha value is 0.270. The Balaban J connectivity index is 2.32. The van der Waals surface area contributed by atoms with E-state index in [1.54, 1.807) is 0 Å². The first kappa shape index (κ1) is 13.3. The van der Waals surface area contributed by atoms with Crippen molar-refractivity contribution < 1.29 is 5.11 Å².